The van der Waals surface area contributed by atoms with Crippen LogP contribution in [0.5, 0.6) is 0 Å². The van der Waals surface area contributed by atoms with Gasteiger partial charge < -0.3 is 29.7 Å². The monoisotopic (exact) mass is 502 g/mol. The van der Waals surface area contributed by atoms with Crippen LogP contribution in [0.3, 0.4) is 0 Å². The van der Waals surface area contributed by atoms with Gasteiger partial charge in [0.1, 0.15) is 30.9 Å². The lowest BCUT2D eigenvalue weighted by Crippen LogP contribution is -2.52. The number of carbonyl (C=O) groups is 3. The largest absolute Gasteiger partial charge is 0.388 e. The van der Waals surface area contributed by atoms with E-state index in [1.807, 2.05) is 26.0 Å². The average molecular weight is 503 g/mol. The molecule has 36 heavy (non-hydrogen) atoms. The molecule has 3 aliphatic rings. The number of anilines is 1. The molecule has 3 aliphatic heterocycles. The summed E-state index contributed by atoms with van der Waals surface area (Å²) in [5.74, 6) is -0.765. The summed E-state index contributed by atoms with van der Waals surface area (Å²) in [5, 5.41) is 13.2. The minimum Gasteiger partial charge on any atom is -0.388 e. The van der Waals surface area contributed by atoms with E-state index in [-0.39, 0.29) is 36.7 Å². The summed E-state index contributed by atoms with van der Waals surface area (Å²) in [6, 6.07) is 5.86. The number of aliphatic hydroxyl groups is 1. The Morgan fingerprint density at radius 2 is 1.86 bits per heavy atom. The second kappa shape index (κ2) is 11.7. The molecule has 0 aromatic heterocycles. The molecule has 1 aromatic rings. The minimum absolute atomic E-state index is 0.0256. The Bertz CT molecular complexity index is 931. The summed E-state index contributed by atoms with van der Waals surface area (Å²) in [5.41, 5.74) is 1.53. The molecule has 0 unspecified atom stereocenters. The number of amides is 2. The van der Waals surface area contributed by atoms with Crippen molar-refractivity contribution in [3.8, 4) is 0 Å². The molecule has 10 heteroatoms. The first kappa shape index (κ1) is 26.5. The summed E-state index contributed by atoms with van der Waals surface area (Å²) < 4.78 is 10.5. The molecule has 0 bridgehead atoms. The first-order chi connectivity index (χ1) is 17.3. The van der Waals surface area contributed by atoms with Crippen LogP contribution < -0.4 is 10.2 Å². The molecule has 0 saturated carbocycles. The number of β-amino-alcohol motifs (C(OH)–C–C–N with tert-alkyl or cyclic N) is 1. The standard InChI is InChI=1S/C26H38N4O6/c1-17(2)14-20(26(34)30-15-21(31)24-23(30)22(32)16-36-24)27-25(33)18-4-6-19(7-5-18)29-10-8-28(9-11-29)12-13-35-3/h4-7,17,20-21,23-24,31H,8-16H2,1-3H3,(H,27,33)/t20-,21+,23+,24+/m0/s1. The lowest BCUT2D eigenvalue weighted by Gasteiger charge is -2.36. The van der Waals surface area contributed by atoms with Crippen LogP contribution in [0.15, 0.2) is 24.3 Å². The van der Waals surface area contributed by atoms with Crippen molar-refractivity contribution >= 4 is 23.3 Å². The SMILES string of the molecule is COCCN1CCN(c2ccc(C(=O)N[C@@H](CC(C)C)C(=O)N3C[C@@H](O)[C@H]4OCC(=O)[C@H]43)cc2)CC1. The van der Waals surface area contributed by atoms with E-state index in [0.29, 0.717) is 12.0 Å². The first-order valence-corrected chi connectivity index (χ1v) is 12.8. The van der Waals surface area contributed by atoms with E-state index in [1.54, 1.807) is 19.2 Å². The number of methoxy groups -OCH3 is 1. The quantitative estimate of drug-likeness (QED) is 0.491. The van der Waals surface area contributed by atoms with E-state index >= 15 is 0 Å². The van der Waals surface area contributed by atoms with E-state index in [9.17, 15) is 19.5 Å². The zero-order chi connectivity index (χ0) is 25.8. The average Bonchev–Trinajstić information content (AvgIpc) is 3.42. The number of rotatable bonds is 9. The summed E-state index contributed by atoms with van der Waals surface area (Å²) in [7, 11) is 1.71. The second-order valence-electron chi connectivity index (χ2n) is 10.3. The number of ketones is 1. The van der Waals surface area contributed by atoms with Gasteiger partial charge in [-0.3, -0.25) is 19.3 Å². The maximum atomic E-state index is 13.4. The molecule has 4 rings (SSSR count). The highest BCUT2D eigenvalue weighted by atomic mass is 16.5. The second-order valence-corrected chi connectivity index (χ2v) is 10.3. The predicted molar refractivity (Wildman–Crippen MR) is 134 cm³/mol. The van der Waals surface area contributed by atoms with Crippen molar-refractivity contribution in [3.05, 3.63) is 29.8 Å². The number of nitrogens with one attached hydrogen (secondary N) is 1. The van der Waals surface area contributed by atoms with Gasteiger partial charge in [-0.2, -0.15) is 0 Å². The molecular formula is C26H38N4O6. The molecule has 10 nitrogen and oxygen atoms in total. The van der Waals surface area contributed by atoms with E-state index in [0.717, 1.165) is 45.0 Å². The van der Waals surface area contributed by atoms with Crippen molar-refractivity contribution in [3.63, 3.8) is 0 Å². The zero-order valence-corrected chi connectivity index (χ0v) is 21.4. The van der Waals surface area contributed by atoms with Gasteiger partial charge in [0, 0.05) is 51.1 Å². The Balaban J connectivity index is 1.38. The smallest absolute Gasteiger partial charge is 0.251 e. The van der Waals surface area contributed by atoms with Crippen LogP contribution in [-0.4, -0.2) is 116 Å². The Labute approximate surface area is 212 Å². The van der Waals surface area contributed by atoms with Gasteiger partial charge in [0.25, 0.3) is 5.91 Å². The van der Waals surface area contributed by atoms with Crippen LogP contribution in [0.1, 0.15) is 30.6 Å². The molecule has 4 atom stereocenters. The first-order valence-electron chi connectivity index (χ1n) is 12.8. The molecule has 2 N–H and O–H groups in total. The number of ether oxygens (including phenoxy) is 2. The maximum Gasteiger partial charge on any atom is 0.251 e. The van der Waals surface area contributed by atoms with E-state index in [1.165, 1.54) is 4.90 Å². The fourth-order valence-corrected chi connectivity index (χ4v) is 5.27. The number of nitrogens with zero attached hydrogens (tertiary/aromatic N) is 3. The fourth-order valence-electron chi connectivity index (χ4n) is 5.27. The summed E-state index contributed by atoms with van der Waals surface area (Å²) in [6.45, 7) is 9.27. The normalized spacial score (nSPS) is 25.4. The highest BCUT2D eigenvalue weighted by Crippen LogP contribution is 2.29. The topological polar surface area (TPSA) is 112 Å². The summed E-state index contributed by atoms with van der Waals surface area (Å²) >= 11 is 0. The van der Waals surface area contributed by atoms with Gasteiger partial charge >= 0.3 is 0 Å². The van der Waals surface area contributed by atoms with Crippen molar-refractivity contribution in [1.82, 2.24) is 15.1 Å². The third kappa shape index (κ3) is 5.88. The van der Waals surface area contributed by atoms with Gasteiger partial charge in [-0.05, 0) is 36.6 Å². The molecule has 3 heterocycles. The maximum absolute atomic E-state index is 13.4. The molecule has 1 aromatic carbocycles. The van der Waals surface area contributed by atoms with Crippen LogP contribution in [0.4, 0.5) is 5.69 Å². The van der Waals surface area contributed by atoms with Gasteiger partial charge in [0.15, 0.2) is 5.78 Å². The third-order valence-electron chi connectivity index (χ3n) is 7.23. The molecule has 0 radical (unpaired) electrons. The molecule has 3 saturated heterocycles. The Hall–Kier alpha value is -2.53. The predicted octanol–water partition coefficient (Wildman–Crippen LogP) is 0.139. The molecule has 0 aliphatic carbocycles. The lowest BCUT2D eigenvalue weighted by atomic mass is 10.0. The van der Waals surface area contributed by atoms with E-state index in [4.69, 9.17) is 9.47 Å². The van der Waals surface area contributed by atoms with E-state index < -0.39 is 24.3 Å². The van der Waals surface area contributed by atoms with Gasteiger partial charge in [-0.15, -0.1) is 0 Å². The minimum atomic E-state index is -0.907. The molecule has 2 amide bonds. The number of Topliss-reactive ketones (excluding diaryl/α,β-unsaturated/α-hetero) is 1. The van der Waals surface area contributed by atoms with Crippen molar-refractivity contribution in [2.75, 3.05) is 64.5 Å². The highest BCUT2D eigenvalue weighted by molar-refractivity contribution is 5.99. The van der Waals surface area contributed by atoms with Crippen LogP contribution in [0, 0.1) is 5.92 Å². The van der Waals surface area contributed by atoms with Crippen LogP contribution in [-0.2, 0) is 19.1 Å². The van der Waals surface area contributed by atoms with Crippen molar-refractivity contribution in [2.24, 2.45) is 5.92 Å². The van der Waals surface area contributed by atoms with Gasteiger partial charge in [0.2, 0.25) is 5.91 Å². The molecule has 198 valence electrons. The molecule has 3 fully saturated rings. The van der Waals surface area contributed by atoms with Gasteiger partial charge in [0.05, 0.1) is 13.2 Å². The van der Waals surface area contributed by atoms with Crippen molar-refractivity contribution in [1.29, 1.82) is 0 Å². The molecule has 0 spiro atoms. The number of carbonyl (C=O) groups excluding carboxylic acids is 3. The molecular weight excluding hydrogens is 464 g/mol. The Morgan fingerprint density at radius 1 is 1.17 bits per heavy atom. The lowest BCUT2D eigenvalue weighted by molar-refractivity contribution is -0.138. The number of hydrogen-bond donors (Lipinski definition) is 2. The van der Waals surface area contributed by atoms with Crippen LogP contribution in [0.25, 0.3) is 0 Å². The number of likely N-dealkylation sites (tertiary alicyclic amines) is 1. The summed E-state index contributed by atoms with van der Waals surface area (Å²) in [6.07, 6.45) is -1.17. The number of piperazine rings is 1. The number of aliphatic hydroxyl groups excluding tert-OH is 1. The highest BCUT2D eigenvalue weighted by Gasteiger charge is 2.52. The van der Waals surface area contributed by atoms with Crippen molar-refractivity contribution in [2.45, 2.75) is 44.6 Å². The summed E-state index contributed by atoms with van der Waals surface area (Å²) in [4.78, 5) is 44.9. The third-order valence-corrected chi connectivity index (χ3v) is 7.23. The van der Waals surface area contributed by atoms with Crippen LogP contribution >= 0.6 is 0 Å². The van der Waals surface area contributed by atoms with Gasteiger partial charge in [-0.25, -0.2) is 0 Å². The van der Waals surface area contributed by atoms with Gasteiger partial charge in [-0.1, -0.05) is 13.8 Å². The zero-order valence-electron chi connectivity index (χ0n) is 21.4. The number of hydrogen-bond acceptors (Lipinski definition) is 8. The number of benzene rings is 1. The van der Waals surface area contributed by atoms with E-state index in [2.05, 4.69) is 15.1 Å². The van der Waals surface area contributed by atoms with Crippen LogP contribution in [0.2, 0.25) is 0 Å². The number of fused-ring (bicyclic) bond motifs is 1. The Morgan fingerprint density at radius 3 is 2.50 bits per heavy atom. The Kier molecular flexibility index (Phi) is 8.61. The van der Waals surface area contributed by atoms with Crippen molar-refractivity contribution < 1.29 is 29.0 Å². The fraction of sp³-hybridized carbons (Fsp3) is 0.654.